The molecule has 0 radical (unpaired) electrons. The maximum Gasteiger partial charge on any atom is 0.0646 e. The van der Waals surface area contributed by atoms with Gasteiger partial charge in [0.15, 0.2) is 0 Å². The summed E-state index contributed by atoms with van der Waals surface area (Å²) in [6.07, 6.45) is 5.19. The predicted molar refractivity (Wildman–Crippen MR) is 55.4 cm³/mol. The van der Waals surface area contributed by atoms with E-state index in [1.54, 1.807) is 7.11 Å². The normalized spacial score (nSPS) is 37.7. The van der Waals surface area contributed by atoms with Crippen molar-refractivity contribution in [1.29, 1.82) is 0 Å². The molecule has 0 N–H and O–H groups in total. The van der Waals surface area contributed by atoms with Crippen molar-refractivity contribution >= 4 is 0 Å². The fourth-order valence-electron chi connectivity index (χ4n) is 3.25. The van der Waals surface area contributed by atoms with Gasteiger partial charge in [0.1, 0.15) is 0 Å². The molecule has 0 amide bonds. The van der Waals surface area contributed by atoms with E-state index in [-0.39, 0.29) is 0 Å². The highest BCUT2D eigenvalue weighted by atomic mass is 16.5. The maximum atomic E-state index is 5.37. The zero-order valence-electron chi connectivity index (χ0n) is 9.29. The molecule has 2 aliphatic heterocycles. The van der Waals surface area contributed by atoms with Crippen LogP contribution in [0.2, 0.25) is 0 Å². The molecule has 3 heteroatoms. The minimum absolute atomic E-state index is 0.359. The van der Waals surface area contributed by atoms with E-state index >= 15 is 0 Å². The van der Waals surface area contributed by atoms with Gasteiger partial charge < -0.3 is 9.47 Å². The molecule has 3 nitrogen and oxygen atoms in total. The number of fused-ring (bicyclic) bond motifs is 1. The van der Waals surface area contributed by atoms with Crippen LogP contribution >= 0.6 is 0 Å². The Morgan fingerprint density at radius 3 is 2.86 bits per heavy atom. The number of methoxy groups -OCH3 is 2. The van der Waals surface area contributed by atoms with Crippen LogP contribution in [0, 0.1) is 0 Å². The smallest absolute Gasteiger partial charge is 0.0646 e. The van der Waals surface area contributed by atoms with Crippen molar-refractivity contribution in [1.82, 2.24) is 4.90 Å². The molecule has 82 valence electrons. The van der Waals surface area contributed by atoms with Crippen LogP contribution in [0.3, 0.4) is 0 Å². The zero-order valence-corrected chi connectivity index (χ0v) is 9.29. The molecule has 0 aromatic heterocycles. The standard InChI is InChI=1S/C11H21NO2/c1-13-8-10-4-6-11(9-14-2)5-3-7-12(10)11/h10H,3-9H2,1-2H3/t10-,11-/m1/s1. The number of hydrogen-bond donors (Lipinski definition) is 0. The van der Waals surface area contributed by atoms with Crippen LogP contribution in [0.15, 0.2) is 0 Å². The van der Waals surface area contributed by atoms with Crippen LogP contribution < -0.4 is 0 Å². The molecule has 0 bridgehead atoms. The summed E-state index contributed by atoms with van der Waals surface area (Å²) in [5, 5.41) is 0. The Kier molecular flexibility index (Phi) is 3.10. The highest BCUT2D eigenvalue weighted by Gasteiger charge is 2.48. The Morgan fingerprint density at radius 1 is 1.29 bits per heavy atom. The van der Waals surface area contributed by atoms with Crippen LogP contribution in [0.5, 0.6) is 0 Å². The SMILES string of the molecule is COC[C@H]1CC[C@@]2(COC)CCCN12. The monoisotopic (exact) mass is 199 g/mol. The average molecular weight is 199 g/mol. The van der Waals surface area contributed by atoms with Crippen molar-refractivity contribution in [2.45, 2.75) is 37.3 Å². The number of rotatable bonds is 4. The molecule has 2 saturated heterocycles. The molecule has 0 unspecified atom stereocenters. The molecule has 0 spiro atoms. The van der Waals surface area contributed by atoms with Crippen molar-refractivity contribution in [2.75, 3.05) is 34.0 Å². The van der Waals surface area contributed by atoms with Crippen LogP contribution in [-0.2, 0) is 9.47 Å². The topological polar surface area (TPSA) is 21.7 Å². The summed E-state index contributed by atoms with van der Waals surface area (Å²) in [6, 6.07) is 0.637. The molecule has 2 rings (SSSR count). The average Bonchev–Trinajstić information content (AvgIpc) is 2.68. The molecule has 2 aliphatic rings. The third kappa shape index (κ3) is 1.58. The van der Waals surface area contributed by atoms with Gasteiger partial charge in [-0.1, -0.05) is 0 Å². The van der Waals surface area contributed by atoms with Gasteiger partial charge in [-0.05, 0) is 32.2 Å². The van der Waals surface area contributed by atoms with Crippen molar-refractivity contribution in [3.05, 3.63) is 0 Å². The van der Waals surface area contributed by atoms with Gasteiger partial charge >= 0.3 is 0 Å². The van der Waals surface area contributed by atoms with Gasteiger partial charge in [-0.15, -0.1) is 0 Å². The van der Waals surface area contributed by atoms with Gasteiger partial charge in [0, 0.05) is 25.8 Å². The molecule has 0 aliphatic carbocycles. The summed E-state index contributed by atoms with van der Waals surface area (Å²) in [5.74, 6) is 0. The van der Waals surface area contributed by atoms with Crippen LogP contribution in [0.1, 0.15) is 25.7 Å². The Morgan fingerprint density at radius 2 is 2.14 bits per heavy atom. The second-order valence-electron chi connectivity index (χ2n) is 4.60. The van der Waals surface area contributed by atoms with Gasteiger partial charge in [-0.2, -0.15) is 0 Å². The summed E-state index contributed by atoms with van der Waals surface area (Å²) in [5.41, 5.74) is 0.359. The fourth-order valence-corrected chi connectivity index (χ4v) is 3.25. The van der Waals surface area contributed by atoms with Crippen molar-refractivity contribution < 1.29 is 9.47 Å². The van der Waals surface area contributed by atoms with Gasteiger partial charge in [-0.3, -0.25) is 4.90 Å². The van der Waals surface area contributed by atoms with E-state index in [0.717, 1.165) is 13.2 Å². The van der Waals surface area contributed by atoms with E-state index < -0.39 is 0 Å². The lowest BCUT2D eigenvalue weighted by Crippen LogP contribution is -2.46. The molecule has 0 saturated carbocycles. The summed E-state index contributed by atoms with van der Waals surface area (Å²) < 4.78 is 10.6. The third-order valence-corrected chi connectivity index (χ3v) is 3.81. The number of hydrogen-bond acceptors (Lipinski definition) is 3. The molecular weight excluding hydrogens is 178 g/mol. The van der Waals surface area contributed by atoms with Crippen LogP contribution in [0.4, 0.5) is 0 Å². The zero-order chi connectivity index (χ0) is 10.0. The van der Waals surface area contributed by atoms with Gasteiger partial charge in [0.05, 0.1) is 13.2 Å². The third-order valence-electron chi connectivity index (χ3n) is 3.81. The van der Waals surface area contributed by atoms with E-state index in [1.807, 2.05) is 7.11 Å². The second kappa shape index (κ2) is 4.17. The van der Waals surface area contributed by atoms with Gasteiger partial charge in [0.2, 0.25) is 0 Å². The van der Waals surface area contributed by atoms with E-state index in [9.17, 15) is 0 Å². The van der Waals surface area contributed by atoms with Crippen molar-refractivity contribution in [2.24, 2.45) is 0 Å². The maximum absolute atomic E-state index is 5.37. The summed E-state index contributed by atoms with van der Waals surface area (Å²) >= 11 is 0. The second-order valence-corrected chi connectivity index (χ2v) is 4.60. The Hall–Kier alpha value is -0.120. The minimum atomic E-state index is 0.359. The molecular formula is C11H21NO2. The molecule has 2 heterocycles. The molecule has 14 heavy (non-hydrogen) atoms. The molecule has 0 aromatic carbocycles. The molecule has 0 aromatic rings. The number of nitrogens with zero attached hydrogens (tertiary/aromatic N) is 1. The highest BCUT2D eigenvalue weighted by molar-refractivity contribution is 5.04. The molecule has 2 fully saturated rings. The van der Waals surface area contributed by atoms with E-state index in [2.05, 4.69) is 4.90 Å². The van der Waals surface area contributed by atoms with E-state index in [0.29, 0.717) is 11.6 Å². The van der Waals surface area contributed by atoms with Gasteiger partial charge in [0.25, 0.3) is 0 Å². The quantitative estimate of drug-likeness (QED) is 0.680. The van der Waals surface area contributed by atoms with Crippen LogP contribution in [-0.4, -0.2) is 50.5 Å². The predicted octanol–water partition coefficient (Wildman–Crippen LogP) is 1.28. The Balaban J connectivity index is 2.04. The number of ether oxygens (including phenoxy) is 2. The van der Waals surface area contributed by atoms with Crippen LogP contribution in [0.25, 0.3) is 0 Å². The molecule has 2 atom stereocenters. The van der Waals surface area contributed by atoms with Crippen molar-refractivity contribution in [3.63, 3.8) is 0 Å². The lowest BCUT2D eigenvalue weighted by molar-refractivity contribution is 0.0301. The minimum Gasteiger partial charge on any atom is -0.383 e. The highest BCUT2D eigenvalue weighted by Crippen LogP contribution is 2.42. The Bertz CT molecular complexity index is 198. The lowest BCUT2D eigenvalue weighted by atomic mass is 9.95. The van der Waals surface area contributed by atoms with E-state index in [4.69, 9.17) is 9.47 Å². The van der Waals surface area contributed by atoms with E-state index in [1.165, 1.54) is 32.2 Å². The van der Waals surface area contributed by atoms with Crippen molar-refractivity contribution in [3.8, 4) is 0 Å². The first-order chi connectivity index (χ1) is 6.82. The lowest BCUT2D eigenvalue weighted by Gasteiger charge is -2.34. The summed E-state index contributed by atoms with van der Waals surface area (Å²) in [6.45, 7) is 3.01. The summed E-state index contributed by atoms with van der Waals surface area (Å²) in [4.78, 5) is 2.62. The summed E-state index contributed by atoms with van der Waals surface area (Å²) in [7, 11) is 3.61. The van der Waals surface area contributed by atoms with Gasteiger partial charge in [-0.25, -0.2) is 0 Å². The first-order valence-corrected chi connectivity index (χ1v) is 5.57. The Labute approximate surface area is 86.4 Å². The largest absolute Gasteiger partial charge is 0.383 e. The fraction of sp³-hybridized carbons (Fsp3) is 1.00. The first-order valence-electron chi connectivity index (χ1n) is 5.57. The first kappa shape index (κ1) is 10.4.